The predicted octanol–water partition coefficient (Wildman–Crippen LogP) is 4.13. The van der Waals surface area contributed by atoms with Gasteiger partial charge in [0, 0.05) is 0 Å². The van der Waals surface area contributed by atoms with Crippen LogP contribution in [0.5, 0.6) is 0 Å². The van der Waals surface area contributed by atoms with Crippen molar-refractivity contribution in [2.24, 2.45) is 0 Å². The van der Waals surface area contributed by atoms with E-state index in [0.29, 0.717) is 16.8 Å². The van der Waals surface area contributed by atoms with Gasteiger partial charge in [0.1, 0.15) is 0 Å². The molecule has 2 N–H and O–H groups in total. The number of sulfonamides is 1. The SMILES string of the molecule is CC(C)(NS(=O)(=O)c1ccc(-c2ccc(C(F)(F)F)cc2)cc1)c1cnn[nH]1.Cl. The second-order valence-electron chi connectivity index (χ2n) is 6.70. The summed E-state index contributed by atoms with van der Waals surface area (Å²) in [5, 5.41) is 9.85. The summed E-state index contributed by atoms with van der Waals surface area (Å²) < 4.78 is 65.9. The zero-order valence-electron chi connectivity index (χ0n) is 15.4. The summed E-state index contributed by atoms with van der Waals surface area (Å²) in [6.45, 7) is 3.33. The van der Waals surface area contributed by atoms with Crippen molar-refractivity contribution < 1.29 is 21.6 Å². The van der Waals surface area contributed by atoms with Crippen molar-refractivity contribution in [2.75, 3.05) is 0 Å². The summed E-state index contributed by atoms with van der Waals surface area (Å²) in [4.78, 5) is 0.0312. The van der Waals surface area contributed by atoms with Crippen molar-refractivity contribution in [1.82, 2.24) is 20.1 Å². The zero-order valence-corrected chi connectivity index (χ0v) is 17.0. The molecule has 0 unspecified atom stereocenters. The van der Waals surface area contributed by atoms with Crippen LogP contribution in [0, 0.1) is 0 Å². The van der Waals surface area contributed by atoms with E-state index in [1.54, 1.807) is 26.0 Å². The van der Waals surface area contributed by atoms with Gasteiger partial charge in [-0.2, -0.15) is 17.9 Å². The Morgan fingerprint density at radius 2 is 1.45 bits per heavy atom. The van der Waals surface area contributed by atoms with Gasteiger partial charge >= 0.3 is 6.18 Å². The molecule has 29 heavy (non-hydrogen) atoms. The van der Waals surface area contributed by atoms with Crippen LogP contribution in [0.25, 0.3) is 11.1 Å². The molecular formula is C18H18ClF3N4O2S. The van der Waals surface area contributed by atoms with Crippen LogP contribution in [-0.4, -0.2) is 23.8 Å². The summed E-state index contributed by atoms with van der Waals surface area (Å²) in [7, 11) is -3.84. The number of nitrogens with zero attached hydrogens (tertiary/aromatic N) is 2. The number of H-pyrrole nitrogens is 1. The fourth-order valence-corrected chi connectivity index (χ4v) is 4.02. The van der Waals surface area contributed by atoms with Crippen LogP contribution in [0.4, 0.5) is 13.2 Å². The van der Waals surface area contributed by atoms with Gasteiger partial charge in [-0.15, -0.1) is 17.5 Å². The number of hydrogen-bond donors (Lipinski definition) is 2. The van der Waals surface area contributed by atoms with Gasteiger partial charge in [-0.05, 0) is 49.2 Å². The van der Waals surface area contributed by atoms with E-state index >= 15 is 0 Å². The average molecular weight is 447 g/mol. The number of hydrogen-bond acceptors (Lipinski definition) is 4. The quantitative estimate of drug-likeness (QED) is 0.617. The molecule has 3 rings (SSSR count). The minimum atomic E-state index is -4.40. The highest BCUT2D eigenvalue weighted by atomic mass is 35.5. The summed E-state index contributed by atoms with van der Waals surface area (Å²) in [6.07, 6.45) is -2.98. The maximum atomic E-state index is 12.7. The molecular weight excluding hydrogens is 429 g/mol. The first kappa shape index (κ1) is 22.9. The van der Waals surface area contributed by atoms with Crippen LogP contribution in [-0.2, 0) is 21.7 Å². The van der Waals surface area contributed by atoms with E-state index in [1.165, 1.54) is 30.5 Å². The monoisotopic (exact) mass is 446 g/mol. The van der Waals surface area contributed by atoms with E-state index in [-0.39, 0.29) is 17.3 Å². The molecule has 11 heteroatoms. The van der Waals surface area contributed by atoms with Gasteiger partial charge < -0.3 is 0 Å². The molecule has 1 heterocycles. The molecule has 6 nitrogen and oxygen atoms in total. The van der Waals surface area contributed by atoms with Gasteiger partial charge in [-0.3, -0.25) is 5.10 Å². The maximum Gasteiger partial charge on any atom is 0.416 e. The Morgan fingerprint density at radius 3 is 1.90 bits per heavy atom. The zero-order chi connectivity index (χ0) is 20.6. The number of rotatable bonds is 5. The molecule has 2 aromatic carbocycles. The van der Waals surface area contributed by atoms with Crippen molar-refractivity contribution in [3.8, 4) is 11.1 Å². The van der Waals surface area contributed by atoms with Crippen LogP contribution >= 0.6 is 12.4 Å². The molecule has 0 spiro atoms. The molecule has 1 aromatic heterocycles. The Bertz CT molecular complexity index is 1050. The van der Waals surface area contributed by atoms with Gasteiger partial charge in [0.25, 0.3) is 0 Å². The Hall–Kier alpha value is -2.43. The van der Waals surface area contributed by atoms with Crippen LogP contribution in [0.2, 0.25) is 0 Å². The third kappa shape index (κ3) is 5.14. The molecule has 0 aliphatic rings. The van der Waals surface area contributed by atoms with E-state index < -0.39 is 27.3 Å². The van der Waals surface area contributed by atoms with Crippen molar-refractivity contribution in [2.45, 2.75) is 30.5 Å². The van der Waals surface area contributed by atoms with Crippen LogP contribution in [0.3, 0.4) is 0 Å². The van der Waals surface area contributed by atoms with Gasteiger partial charge in [0.15, 0.2) is 0 Å². The van der Waals surface area contributed by atoms with E-state index in [9.17, 15) is 21.6 Å². The Morgan fingerprint density at radius 1 is 0.931 bits per heavy atom. The van der Waals surface area contributed by atoms with Crippen LogP contribution in [0.15, 0.2) is 59.6 Å². The van der Waals surface area contributed by atoms with Gasteiger partial charge in [0.2, 0.25) is 10.0 Å². The van der Waals surface area contributed by atoms with Crippen molar-refractivity contribution in [1.29, 1.82) is 0 Å². The highest BCUT2D eigenvalue weighted by Gasteiger charge is 2.31. The van der Waals surface area contributed by atoms with Crippen molar-refractivity contribution >= 4 is 22.4 Å². The molecule has 0 radical (unpaired) electrons. The van der Waals surface area contributed by atoms with Crippen molar-refractivity contribution in [3.63, 3.8) is 0 Å². The third-order valence-corrected chi connectivity index (χ3v) is 5.86. The van der Waals surface area contributed by atoms with E-state index in [0.717, 1.165) is 12.1 Å². The predicted molar refractivity (Wildman–Crippen MR) is 104 cm³/mol. The minimum Gasteiger partial charge on any atom is -0.260 e. The number of alkyl halides is 3. The van der Waals surface area contributed by atoms with Gasteiger partial charge in [0.05, 0.1) is 27.9 Å². The lowest BCUT2D eigenvalue weighted by Crippen LogP contribution is -2.41. The maximum absolute atomic E-state index is 12.7. The highest BCUT2D eigenvalue weighted by molar-refractivity contribution is 7.89. The summed E-state index contributed by atoms with van der Waals surface area (Å²) >= 11 is 0. The van der Waals surface area contributed by atoms with E-state index in [2.05, 4.69) is 20.1 Å². The average Bonchev–Trinajstić information content (AvgIpc) is 3.16. The largest absolute Gasteiger partial charge is 0.416 e. The lowest BCUT2D eigenvalue weighted by atomic mass is 10.0. The third-order valence-electron chi connectivity index (χ3n) is 4.19. The molecule has 0 aliphatic heterocycles. The molecule has 0 amide bonds. The Balaban J connectivity index is 0.00000300. The number of aromatic amines is 1. The number of aromatic nitrogens is 3. The Kier molecular flexibility index (Phi) is 6.41. The highest BCUT2D eigenvalue weighted by Crippen LogP contribution is 2.31. The molecule has 0 atom stereocenters. The number of benzene rings is 2. The summed E-state index contributed by atoms with van der Waals surface area (Å²) in [5.74, 6) is 0. The lowest BCUT2D eigenvalue weighted by Gasteiger charge is -2.24. The summed E-state index contributed by atoms with van der Waals surface area (Å²) in [5.41, 5.74) is -0.0554. The molecule has 3 aromatic rings. The Labute approximate surface area is 172 Å². The normalized spacial score (nSPS) is 12.4. The number of nitrogens with one attached hydrogen (secondary N) is 2. The van der Waals surface area contributed by atoms with Gasteiger partial charge in [-0.1, -0.05) is 29.5 Å². The summed E-state index contributed by atoms with van der Waals surface area (Å²) in [6, 6.07) is 10.6. The molecule has 0 aliphatic carbocycles. The molecule has 0 saturated carbocycles. The second-order valence-corrected chi connectivity index (χ2v) is 8.38. The lowest BCUT2D eigenvalue weighted by molar-refractivity contribution is -0.137. The van der Waals surface area contributed by atoms with Crippen LogP contribution in [0.1, 0.15) is 25.1 Å². The molecule has 0 saturated heterocycles. The first-order valence-electron chi connectivity index (χ1n) is 8.17. The van der Waals surface area contributed by atoms with Crippen LogP contribution < -0.4 is 4.72 Å². The molecule has 0 fully saturated rings. The smallest absolute Gasteiger partial charge is 0.260 e. The fraction of sp³-hybridized carbons (Fsp3) is 0.222. The first-order valence-corrected chi connectivity index (χ1v) is 9.65. The molecule has 156 valence electrons. The van der Waals surface area contributed by atoms with Gasteiger partial charge in [-0.25, -0.2) is 8.42 Å². The fourth-order valence-electron chi connectivity index (χ4n) is 2.63. The minimum absolute atomic E-state index is 0. The number of halogens is 4. The topological polar surface area (TPSA) is 87.7 Å². The van der Waals surface area contributed by atoms with E-state index in [4.69, 9.17) is 0 Å². The first-order chi connectivity index (χ1) is 13.0. The standard InChI is InChI=1S/C18H17F3N4O2S.ClH/c1-17(2,16-11-22-25-23-16)24-28(26,27)15-9-5-13(6-10-15)12-3-7-14(8-4-12)18(19,20)21;/h3-11,24H,1-2H3,(H,22,23,25);1H. The molecule has 0 bridgehead atoms. The second kappa shape index (κ2) is 8.13. The van der Waals surface area contributed by atoms with E-state index in [1.807, 2.05) is 0 Å². The van der Waals surface area contributed by atoms with Crippen molar-refractivity contribution in [3.05, 3.63) is 66.0 Å².